The van der Waals surface area contributed by atoms with Crippen molar-refractivity contribution in [2.45, 2.75) is 45.3 Å². The van der Waals surface area contributed by atoms with Crippen molar-refractivity contribution < 1.29 is 9.59 Å². The van der Waals surface area contributed by atoms with Gasteiger partial charge in [0, 0.05) is 38.5 Å². The van der Waals surface area contributed by atoms with E-state index in [-0.39, 0.29) is 30.3 Å². The Morgan fingerprint density at radius 2 is 1.83 bits per heavy atom. The fourth-order valence-corrected chi connectivity index (χ4v) is 4.17. The SMILES string of the molecule is CC(C)N(Cc1ccccc1)C(=O)Cn1c(C2CC(=O)N(C)C2)nc2ccccc21. The first-order valence-electron chi connectivity index (χ1n) is 10.5. The molecule has 1 unspecified atom stereocenters. The standard InChI is InChI=1S/C24H28N4O2/c1-17(2)27(14-18-9-5-4-6-10-18)23(30)16-28-21-12-8-7-11-20(21)25-24(28)19-13-22(29)26(3)15-19/h4-12,17,19H,13-16H2,1-3H3. The van der Waals surface area contributed by atoms with E-state index in [1.54, 1.807) is 4.90 Å². The number of rotatable bonds is 6. The van der Waals surface area contributed by atoms with Crippen LogP contribution in [0.4, 0.5) is 0 Å². The molecule has 1 atom stereocenters. The Morgan fingerprint density at radius 3 is 2.50 bits per heavy atom. The smallest absolute Gasteiger partial charge is 0.243 e. The first-order valence-corrected chi connectivity index (χ1v) is 10.5. The number of hydrogen-bond donors (Lipinski definition) is 0. The zero-order valence-electron chi connectivity index (χ0n) is 17.8. The highest BCUT2D eigenvalue weighted by Gasteiger charge is 2.32. The fraction of sp³-hybridized carbons (Fsp3) is 0.375. The number of carbonyl (C=O) groups is 2. The Kier molecular flexibility index (Phi) is 5.57. The van der Waals surface area contributed by atoms with Crippen LogP contribution in [0.15, 0.2) is 54.6 Å². The molecule has 6 nitrogen and oxygen atoms in total. The number of aromatic nitrogens is 2. The van der Waals surface area contributed by atoms with Gasteiger partial charge in [-0.25, -0.2) is 4.98 Å². The molecule has 2 amide bonds. The van der Waals surface area contributed by atoms with E-state index in [0.717, 1.165) is 22.4 Å². The molecule has 1 fully saturated rings. The van der Waals surface area contributed by atoms with Crippen LogP contribution >= 0.6 is 0 Å². The Balaban J connectivity index is 1.65. The van der Waals surface area contributed by atoms with Gasteiger partial charge in [-0.05, 0) is 31.5 Å². The zero-order chi connectivity index (χ0) is 21.3. The van der Waals surface area contributed by atoms with E-state index < -0.39 is 0 Å². The second kappa shape index (κ2) is 8.30. The summed E-state index contributed by atoms with van der Waals surface area (Å²) in [5.41, 5.74) is 2.91. The normalized spacial score (nSPS) is 16.6. The van der Waals surface area contributed by atoms with Crippen LogP contribution in [0.3, 0.4) is 0 Å². The van der Waals surface area contributed by atoms with Crippen LogP contribution in [0, 0.1) is 0 Å². The molecule has 0 radical (unpaired) electrons. The number of benzene rings is 2. The molecular weight excluding hydrogens is 376 g/mol. The third kappa shape index (κ3) is 3.95. The van der Waals surface area contributed by atoms with E-state index >= 15 is 0 Å². The maximum absolute atomic E-state index is 13.4. The summed E-state index contributed by atoms with van der Waals surface area (Å²) in [6.07, 6.45) is 0.436. The largest absolute Gasteiger partial charge is 0.345 e. The lowest BCUT2D eigenvalue weighted by atomic mass is 10.1. The predicted molar refractivity (Wildman–Crippen MR) is 117 cm³/mol. The molecule has 1 aliphatic heterocycles. The molecule has 30 heavy (non-hydrogen) atoms. The van der Waals surface area contributed by atoms with Crippen LogP contribution in [0.25, 0.3) is 11.0 Å². The molecule has 2 heterocycles. The summed E-state index contributed by atoms with van der Waals surface area (Å²) in [5, 5.41) is 0. The number of fused-ring (bicyclic) bond motifs is 1. The predicted octanol–water partition coefficient (Wildman–Crippen LogP) is 3.42. The monoisotopic (exact) mass is 404 g/mol. The third-order valence-electron chi connectivity index (χ3n) is 5.82. The summed E-state index contributed by atoms with van der Waals surface area (Å²) < 4.78 is 2.01. The van der Waals surface area contributed by atoms with Gasteiger partial charge in [0.2, 0.25) is 11.8 Å². The summed E-state index contributed by atoms with van der Waals surface area (Å²) in [4.78, 5) is 34.0. The van der Waals surface area contributed by atoms with Crippen LogP contribution < -0.4 is 0 Å². The molecule has 0 saturated carbocycles. The number of para-hydroxylation sites is 2. The van der Waals surface area contributed by atoms with Crippen molar-refractivity contribution >= 4 is 22.8 Å². The average Bonchev–Trinajstić information content (AvgIpc) is 3.26. The van der Waals surface area contributed by atoms with E-state index in [1.807, 2.05) is 85.0 Å². The molecule has 156 valence electrons. The van der Waals surface area contributed by atoms with Gasteiger partial charge >= 0.3 is 0 Å². The van der Waals surface area contributed by atoms with Gasteiger partial charge in [-0.2, -0.15) is 0 Å². The molecule has 1 saturated heterocycles. The van der Waals surface area contributed by atoms with E-state index in [0.29, 0.717) is 19.5 Å². The second-order valence-corrected chi connectivity index (χ2v) is 8.32. The van der Waals surface area contributed by atoms with Crippen LogP contribution in [-0.2, 0) is 22.7 Å². The van der Waals surface area contributed by atoms with Gasteiger partial charge in [0.15, 0.2) is 0 Å². The maximum atomic E-state index is 13.4. The molecular formula is C24H28N4O2. The van der Waals surface area contributed by atoms with E-state index in [4.69, 9.17) is 4.98 Å². The van der Waals surface area contributed by atoms with Gasteiger partial charge in [-0.3, -0.25) is 9.59 Å². The second-order valence-electron chi connectivity index (χ2n) is 8.32. The van der Waals surface area contributed by atoms with Crippen molar-refractivity contribution in [3.05, 3.63) is 66.0 Å². The number of imidazole rings is 1. The Labute approximate surface area is 177 Å². The van der Waals surface area contributed by atoms with E-state index in [2.05, 4.69) is 0 Å². The highest BCUT2D eigenvalue weighted by Crippen LogP contribution is 2.30. The number of likely N-dealkylation sites (N-methyl/N-ethyl adjacent to an activating group) is 1. The summed E-state index contributed by atoms with van der Waals surface area (Å²) >= 11 is 0. The third-order valence-corrected chi connectivity index (χ3v) is 5.82. The summed E-state index contributed by atoms with van der Waals surface area (Å²) in [6, 6.07) is 18.0. The lowest BCUT2D eigenvalue weighted by Crippen LogP contribution is -2.39. The Morgan fingerprint density at radius 1 is 1.13 bits per heavy atom. The highest BCUT2D eigenvalue weighted by atomic mass is 16.2. The molecule has 6 heteroatoms. The van der Waals surface area contributed by atoms with Gasteiger partial charge < -0.3 is 14.4 Å². The Bertz CT molecular complexity index is 1060. The lowest BCUT2D eigenvalue weighted by molar-refractivity contribution is -0.134. The quantitative estimate of drug-likeness (QED) is 0.633. The number of carbonyl (C=O) groups excluding carboxylic acids is 2. The number of amides is 2. The number of likely N-dealkylation sites (tertiary alicyclic amines) is 1. The molecule has 0 aliphatic carbocycles. The van der Waals surface area contributed by atoms with Crippen molar-refractivity contribution in [3.63, 3.8) is 0 Å². The van der Waals surface area contributed by atoms with Gasteiger partial charge in [-0.15, -0.1) is 0 Å². The summed E-state index contributed by atoms with van der Waals surface area (Å²) in [6.45, 7) is 5.50. The summed E-state index contributed by atoms with van der Waals surface area (Å²) in [5.74, 6) is 1.00. The molecule has 2 aromatic carbocycles. The van der Waals surface area contributed by atoms with Crippen molar-refractivity contribution in [2.75, 3.05) is 13.6 Å². The zero-order valence-corrected chi connectivity index (χ0v) is 17.8. The fourth-order valence-electron chi connectivity index (χ4n) is 4.17. The van der Waals surface area contributed by atoms with Crippen molar-refractivity contribution in [1.29, 1.82) is 0 Å². The van der Waals surface area contributed by atoms with Crippen LogP contribution in [0.1, 0.15) is 37.6 Å². The van der Waals surface area contributed by atoms with Crippen molar-refractivity contribution in [3.8, 4) is 0 Å². The van der Waals surface area contributed by atoms with Gasteiger partial charge in [-0.1, -0.05) is 42.5 Å². The lowest BCUT2D eigenvalue weighted by Gasteiger charge is -2.28. The molecule has 3 aromatic rings. The first kappa shape index (κ1) is 20.1. The van der Waals surface area contributed by atoms with E-state index in [9.17, 15) is 9.59 Å². The molecule has 1 aromatic heterocycles. The molecule has 0 bridgehead atoms. The molecule has 4 rings (SSSR count). The topological polar surface area (TPSA) is 58.4 Å². The minimum absolute atomic E-state index is 0.00400. The molecule has 0 spiro atoms. The van der Waals surface area contributed by atoms with Crippen LogP contribution in [-0.4, -0.2) is 50.8 Å². The van der Waals surface area contributed by atoms with Gasteiger partial charge in [0.05, 0.1) is 11.0 Å². The number of hydrogen-bond acceptors (Lipinski definition) is 3. The van der Waals surface area contributed by atoms with Crippen LogP contribution in [0.2, 0.25) is 0 Å². The minimum atomic E-state index is 0.00400. The van der Waals surface area contributed by atoms with E-state index in [1.165, 1.54) is 0 Å². The van der Waals surface area contributed by atoms with Gasteiger partial charge in [0.25, 0.3) is 0 Å². The minimum Gasteiger partial charge on any atom is -0.345 e. The van der Waals surface area contributed by atoms with Crippen molar-refractivity contribution in [2.24, 2.45) is 0 Å². The first-order chi connectivity index (χ1) is 14.4. The molecule has 0 N–H and O–H groups in total. The molecule has 1 aliphatic rings. The van der Waals surface area contributed by atoms with Crippen LogP contribution in [0.5, 0.6) is 0 Å². The average molecular weight is 405 g/mol. The number of nitrogens with zero attached hydrogens (tertiary/aromatic N) is 4. The highest BCUT2D eigenvalue weighted by molar-refractivity contribution is 5.83. The van der Waals surface area contributed by atoms with Gasteiger partial charge in [0.1, 0.15) is 12.4 Å². The summed E-state index contributed by atoms with van der Waals surface area (Å²) in [7, 11) is 1.82. The van der Waals surface area contributed by atoms with Crippen molar-refractivity contribution in [1.82, 2.24) is 19.4 Å². The maximum Gasteiger partial charge on any atom is 0.243 e. The Hall–Kier alpha value is -3.15.